The van der Waals surface area contributed by atoms with E-state index in [1.807, 2.05) is 0 Å². The number of rotatable bonds is 3. The normalized spacial score (nSPS) is 18.4. The van der Waals surface area contributed by atoms with Gasteiger partial charge in [0.05, 0.1) is 11.6 Å². The Balaban J connectivity index is 2.37. The number of benzene rings is 1. The van der Waals surface area contributed by atoms with Crippen LogP contribution in [0.15, 0.2) is 10.5 Å². The average molecular weight is 338 g/mol. The van der Waals surface area contributed by atoms with Crippen LogP contribution in [0.1, 0.15) is 31.1 Å². The molecule has 2 nitrogen and oxygen atoms in total. The largest absolute Gasteiger partial charge is 0.493 e. The standard InChI is InChI=1S/C13H15BrF3NO/c1-19-12-8(7-9(15)10(14)11(12)16)13(17)18-5-3-2-4-6-18/h7,13H,2-6H2,1H3. The van der Waals surface area contributed by atoms with Crippen molar-refractivity contribution in [1.29, 1.82) is 0 Å². The minimum atomic E-state index is -1.55. The first-order chi connectivity index (χ1) is 9.06. The Hall–Kier alpha value is -0.750. The summed E-state index contributed by atoms with van der Waals surface area (Å²) in [4.78, 5) is 1.58. The van der Waals surface area contributed by atoms with Crippen LogP contribution < -0.4 is 4.74 Å². The van der Waals surface area contributed by atoms with Crippen molar-refractivity contribution in [3.8, 4) is 5.75 Å². The lowest BCUT2D eigenvalue weighted by molar-refractivity contribution is 0.0607. The maximum atomic E-state index is 14.5. The zero-order valence-electron chi connectivity index (χ0n) is 10.6. The Morgan fingerprint density at radius 1 is 1.26 bits per heavy atom. The maximum absolute atomic E-state index is 14.5. The molecule has 1 atom stereocenters. The zero-order valence-corrected chi connectivity index (χ0v) is 12.1. The van der Waals surface area contributed by atoms with Gasteiger partial charge in [-0.1, -0.05) is 6.42 Å². The molecule has 0 radical (unpaired) electrons. The van der Waals surface area contributed by atoms with Crippen molar-refractivity contribution in [2.75, 3.05) is 20.2 Å². The number of nitrogens with zero attached hydrogens (tertiary/aromatic N) is 1. The maximum Gasteiger partial charge on any atom is 0.183 e. The molecule has 19 heavy (non-hydrogen) atoms. The van der Waals surface area contributed by atoms with Gasteiger partial charge >= 0.3 is 0 Å². The molecule has 1 aliphatic heterocycles. The van der Waals surface area contributed by atoms with E-state index in [-0.39, 0.29) is 15.8 Å². The van der Waals surface area contributed by atoms with Gasteiger partial charge in [-0.2, -0.15) is 0 Å². The summed E-state index contributed by atoms with van der Waals surface area (Å²) in [5.41, 5.74) is -0.0948. The number of alkyl halides is 1. The summed E-state index contributed by atoms with van der Waals surface area (Å²) in [7, 11) is 1.25. The van der Waals surface area contributed by atoms with Crippen molar-refractivity contribution in [2.24, 2.45) is 0 Å². The molecule has 1 aliphatic rings. The van der Waals surface area contributed by atoms with Gasteiger partial charge in [0.15, 0.2) is 17.9 Å². The first-order valence-electron chi connectivity index (χ1n) is 6.15. The number of piperidine rings is 1. The summed E-state index contributed by atoms with van der Waals surface area (Å²) in [6.07, 6.45) is 1.30. The molecule has 1 saturated heterocycles. The number of halogens is 4. The van der Waals surface area contributed by atoms with Crippen molar-refractivity contribution in [1.82, 2.24) is 4.90 Å². The zero-order chi connectivity index (χ0) is 14.0. The highest BCUT2D eigenvalue weighted by Crippen LogP contribution is 2.38. The van der Waals surface area contributed by atoms with E-state index in [0.29, 0.717) is 13.1 Å². The van der Waals surface area contributed by atoms with E-state index in [1.54, 1.807) is 4.90 Å². The van der Waals surface area contributed by atoms with E-state index in [0.717, 1.165) is 25.3 Å². The molecule has 2 rings (SSSR count). The molecule has 1 unspecified atom stereocenters. The lowest BCUT2D eigenvalue weighted by Gasteiger charge is -2.30. The van der Waals surface area contributed by atoms with Gasteiger partial charge < -0.3 is 4.74 Å². The molecule has 1 heterocycles. The first-order valence-corrected chi connectivity index (χ1v) is 6.95. The van der Waals surface area contributed by atoms with Gasteiger partial charge in [-0.15, -0.1) is 0 Å². The molecule has 0 saturated carbocycles. The van der Waals surface area contributed by atoms with Crippen molar-refractivity contribution in [2.45, 2.75) is 25.6 Å². The molecular formula is C13H15BrF3NO. The minimum Gasteiger partial charge on any atom is -0.493 e. The third-order valence-corrected chi connectivity index (χ3v) is 4.05. The summed E-state index contributed by atoms with van der Waals surface area (Å²) in [6, 6.07) is 0.991. The van der Waals surface area contributed by atoms with Crippen LogP contribution in [0, 0.1) is 11.6 Å². The second-order valence-corrected chi connectivity index (χ2v) is 5.33. The van der Waals surface area contributed by atoms with Crippen LogP contribution in [-0.4, -0.2) is 25.1 Å². The van der Waals surface area contributed by atoms with Crippen molar-refractivity contribution in [3.63, 3.8) is 0 Å². The molecule has 0 aliphatic carbocycles. The lowest BCUT2D eigenvalue weighted by Crippen LogP contribution is -2.32. The summed E-state index contributed by atoms with van der Waals surface area (Å²) in [5, 5.41) is 0. The van der Waals surface area contributed by atoms with E-state index in [2.05, 4.69) is 15.9 Å². The molecule has 0 aromatic heterocycles. The average Bonchev–Trinajstić information content (AvgIpc) is 2.44. The van der Waals surface area contributed by atoms with Gasteiger partial charge in [0.2, 0.25) is 0 Å². The second-order valence-electron chi connectivity index (χ2n) is 4.54. The van der Waals surface area contributed by atoms with Crippen LogP contribution in [-0.2, 0) is 0 Å². The highest BCUT2D eigenvalue weighted by atomic mass is 79.9. The molecule has 0 N–H and O–H groups in total. The molecular weight excluding hydrogens is 323 g/mol. The molecule has 0 amide bonds. The number of hydrogen-bond donors (Lipinski definition) is 0. The Kier molecular flexibility index (Phi) is 4.73. The third kappa shape index (κ3) is 2.89. The van der Waals surface area contributed by atoms with Crippen molar-refractivity contribution >= 4 is 15.9 Å². The topological polar surface area (TPSA) is 12.5 Å². The Labute approximate surface area is 118 Å². The monoisotopic (exact) mass is 337 g/mol. The van der Waals surface area contributed by atoms with Crippen LogP contribution in [0.2, 0.25) is 0 Å². The van der Waals surface area contributed by atoms with Gasteiger partial charge in [-0.05, 0) is 34.8 Å². The van der Waals surface area contributed by atoms with Crippen LogP contribution in [0.25, 0.3) is 0 Å². The van der Waals surface area contributed by atoms with E-state index in [9.17, 15) is 13.2 Å². The van der Waals surface area contributed by atoms with E-state index in [1.165, 1.54) is 7.11 Å². The quantitative estimate of drug-likeness (QED) is 0.605. The molecule has 0 bridgehead atoms. The summed E-state index contributed by atoms with van der Waals surface area (Å²) in [6.45, 7) is 1.17. The van der Waals surface area contributed by atoms with Gasteiger partial charge in [0.25, 0.3) is 0 Å². The summed E-state index contributed by atoms with van der Waals surface area (Å²) < 4.78 is 46.4. The molecule has 1 aromatic rings. The van der Waals surface area contributed by atoms with Gasteiger partial charge in [-0.25, -0.2) is 13.2 Å². The Bertz CT molecular complexity index is 464. The fraction of sp³-hybridized carbons (Fsp3) is 0.538. The molecule has 106 valence electrons. The summed E-state index contributed by atoms with van der Waals surface area (Å²) >= 11 is 2.78. The van der Waals surface area contributed by atoms with Crippen molar-refractivity contribution < 1.29 is 17.9 Å². The van der Waals surface area contributed by atoms with Crippen molar-refractivity contribution in [3.05, 3.63) is 27.7 Å². The number of likely N-dealkylation sites (tertiary alicyclic amines) is 1. The van der Waals surface area contributed by atoms with Crippen LogP contribution in [0.4, 0.5) is 13.2 Å². The second kappa shape index (κ2) is 6.13. The molecule has 1 aromatic carbocycles. The fourth-order valence-electron chi connectivity index (χ4n) is 2.32. The highest BCUT2D eigenvalue weighted by Gasteiger charge is 2.28. The minimum absolute atomic E-state index is 0.0948. The molecule has 6 heteroatoms. The predicted molar refractivity (Wildman–Crippen MR) is 69.9 cm³/mol. The van der Waals surface area contributed by atoms with Crippen LogP contribution >= 0.6 is 15.9 Å². The SMILES string of the molecule is COc1c(C(F)N2CCCCC2)cc(F)c(Br)c1F. The van der Waals surface area contributed by atoms with Gasteiger partial charge in [-0.3, -0.25) is 4.90 Å². The fourth-order valence-corrected chi connectivity index (χ4v) is 2.62. The molecule has 1 fully saturated rings. The summed E-state index contributed by atoms with van der Waals surface area (Å²) in [5.74, 6) is -1.98. The molecule has 0 spiro atoms. The number of ether oxygens (including phenoxy) is 1. The third-order valence-electron chi connectivity index (χ3n) is 3.32. The van der Waals surface area contributed by atoms with Gasteiger partial charge in [0.1, 0.15) is 5.82 Å². The van der Waals surface area contributed by atoms with Crippen LogP contribution in [0.5, 0.6) is 5.75 Å². The lowest BCUT2D eigenvalue weighted by atomic mass is 10.1. The predicted octanol–water partition coefficient (Wildman–Crippen LogP) is 4.19. The van der Waals surface area contributed by atoms with E-state index < -0.39 is 17.9 Å². The van der Waals surface area contributed by atoms with E-state index in [4.69, 9.17) is 4.74 Å². The van der Waals surface area contributed by atoms with E-state index >= 15 is 0 Å². The van der Waals surface area contributed by atoms with Crippen LogP contribution in [0.3, 0.4) is 0 Å². The Morgan fingerprint density at radius 3 is 2.47 bits per heavy atom. The first kappa shape index (κ1) is 14.7. The number of methoxy groups -OCH3 is 1. The number of hydrogen-bond acceptors (Lipinski definition) is 2. The highest BCUT2D eigenvalue weighted by molar-refractivity contribution is 9.10. The smallest absolute Gasteiger partial charge is 0.183 e. The Morgan fingerprint density at radius 2 is 1.89 bits per heavy atom. The van der Waals surface area contributed by atoms with Gasteiger partial charge in [0, 0.05) is 18.7 Å².